The van der Waals surface area contributed by atoms with Crippen LogP contribution in [-0.4, -0.2) is 27.6 Å². The maximum atomic E-state index is 10.7. The van der Waals surface area contributed by atoms with Crippen molar-refractivity contribution in [1.82, 2.24) is 0 Å². The number of carbonyl (C=O) groups excluding carboxylic acids is 1. The maximum Gasteiger partial charge on any atom is 0.373 e. The van der Waals surface area contributed by atoms with Gasteiger partial charge in [-0.05, 0) is 12.8 Å². The third-order valence-corrected chi connectivity index (χ3v) is 2.31. The molecule has 5 heteroatoms. The zero-order valence-corrected chi connectivity index (χ0v) is 8.77. The zero-order valence-electron chi connectivity index (χ0n) is 6.43. The lowest BCUT2D eigenvalue weighted by atomic mass is 10.1. The Bertz CT molecular complexity index is 172. The number of rotatable bonds is 6. The number of carboxylic acids is 1. The van der Waals surface area contributed by atoms with Crippen LogP contribution in [0.1, 0.15) is 19.3 Å². The normalized spacial score (nSPS) is 12.5. The molecule has 0 aliphatic rings. The smallest absolute Gasteiger partial charge is 0.373 e. The molecule has 0 fully saturated rings. The Hall–Kier alpha value is -0.0900. The highest BCUT2D eigenvalue weighted by molar-refractivity contribution is 9.09. The number of unbranched alkanes of at least 4 members (excludes halogenated alkanes) is 1. The number of hydrogen-bond acceptors (Lipinski definition) is 2. The SMILES string of the molecule is O=C(O)C(=O)C(Cl)CCCCBr. The summed E-state index contributed by atoms with van der Waals surface area (Å²) >= 11 is 8.74. The molecule has 70 valence electrons. The van der Waals surface area contributed by atoms with Gasteiger partial charge in [0.25, 0.3) is 5.78 Å². The number of hydrogen-bond donors (Lipinski definition) is 1. The molecule has 3 nitrogen and oxygen atoms in total. The molecule has 0 heterocycles. The third kappa shape index (κ3) is 4.72. The van der Waals surface area contributed by atoms with Crippen molar-refractivity contribution in [2.45, 2.75) is 24.6 Å². The Morgan fingerprint density at radius 3 is 2.42 bits per heavy atom. The molecule has 1 atom stereocenters. The predicted octanol–water partition coefficient (Wildman–Crippen LogP) is 1.81. The summed E-state index contributed by atoms with van der Waals surface area (Å²) in [6.45, 7) is 0. The van der Waals surface area contributed by atoms with Crippen molar-refractivity contribution >= 4 is 39.3 Å². The molecule has 0 spiro atoms. The summed E-state index contributed by atoms with van der Waals surface area (Å²) in [4.78, 5) is 20.8. The minimum atomic E-state index is -1.45. The Morgan fingerprint density at radius 2 is 2.00 bits per heavy atom. The summed E-state index contributed by atoms with van der Waals surface area (Å²) in [5.74, 6) is -2.36. The molecule has 0 aromatic heterocycles. The molecule has 0 aliphatic carbocycles. The van der Waals surface area contributed by atoms with E-state index in [9.17, 15) is 9.59 Å². The van der Waals surface area contributed by atoms with Crippen molar-refractivity contribution in [1.29, 1.82) is 0 Å². The summed E-state index contributed by atoms with van der Waals surface area (Å²) in [5.41, 5.74) is 0. The first-order chi connectivity index (χ1) is 5.59. The molecule has 0 amide bonds. The first-order valence-electron chi connectivity index (χ1n) is 3.56. The first kappa shape index (κ1) is 11.9. The fourth-order valence-corrected chi connectivity index (χ4v) is 1.33. The van der Waals surface area contributed by atoms with Crippen LogP contribution in [0.4, 0.5) is 0 Å². The van der Waals surface area contributed by atoms with Crippen molar-refractivity contribution in [3.05, 3.63) is 0 Å². The second-order valence-electron chi connectivity index (χ2n) is 2.32. The van der Waals surface area contributed by atoms with Gasteiger partial charge in [0, 0.05) is 5.33 Å². The highest BCUT2D eigenvalue weighted by Gasteiger charge is 2.21. The Labute approximate surface area is 84.2 Å². The van der Waals surface area contributed by atoms with Gasteiger partial charge >= 0.3 is 5.97 Å². The lowest BCUT2D eigenvalue weighted by Crippen LogP contribution is -2.23. The molecular formula is C7H10BrClO3. The van der Waals surface area contributed by atoms with E-state index in [1.54, 1.807) is 0 Å². The average Bonchev–Trinajstić information content (AvgIpc) is 2.03. The quantitative estimate of drug-likeness (QED) is 0.448. The van der Waals surface area contributed by atoms with E-state index < -0.39 is 17.1 Å². The molecule has 0 aromatic carbocycles. The van der Waals surface area contributed by atoms with Crippen LogP contribution in [0.25, 0.3) is 0 Å². The van der Waals surface area contributed by atoms with Crippen LogP contribution in [0, 0.1) is 0 Å². The number of aliphatic carboxylic acids is 1. The van der Waals surface area contributed by atoms with Gasteiger partial charge in [-0.3, -0.25) is 4.79 Å². The predicted molar refractivity (Wildman–Crippen MR) is 49.9 cm³/mol. The summed E-state index contributed by atoms with van der Waals surface area (Å²) in [6, 6.07) is 0. The summed E-state index contributed by atoms with van der Waals surface area (Å²) in [7, 11) is 0. The number of halogens is 2. The van der Waals surface area contributed by atoms with Crippen LogP contribution in [0.15, 0.2) is 0 Å². The van der Waals surface area contributed by atoms with Gasteiger partial charge in [-0.1, -0.05) is 22.4 Å². The van der Waals surface area contributed by atoms with E-state index in [1.165, 1.54) is 0 Å². The minimum Gasteiger partial charge on any atom is -0.475 e. The Kier molecular flexibility index (Phi) is 6.38. The standard InChI is InChI=1S/C7H10BrClO3/c8-4-2-1-3-5(9)6(10)7(11)12/h5H,1-4H2,(H,11,12). The highest BCUT2D eigenvalue weighted by Crippen LogP contribution is 2.09. The van der Waals surface area contributed by atoms with Crippen LogP contribution < -0.4 is 0 Å². The van der Waals surface area contributed by atoms with E-state index >= 15 is 0 Å². The molecular weight excluding hydrogens is 247 g/mol. The van der Waals surface area contributed by atoms with E-state index in [1.807, 2.05) is 0 Å². The van der Waals surface area contributed by atoms with Crippen LogP contribution in [0.3, 0.4) is 0 Å². The van der Waals surface area contributed by atoms with Crippen LogP contribution in [-0.2, 0) is 9.59 Å². The molecule has 1 unspecified atom stereocenters. The van der Waals surface area contributed by atoms with Gasteiger partial charge in [-0.2, -0.15) is 0 Å². The average molecular weight is 258 g/mol. The summed E-state index contributed by atoms with van der Waals surface area (Å²) in [6.07, 6.45) is 2.09. The lowest BCUT2D eigenvalue weighted by Gasteiger charge is -2.03. The second-order valence-corrected chi connectivity index (χ2v) is 3.64. The van der Waals surface area contributed by atoms with Gasteiger partial charge < -0.3 is 5.11 Å². The number of alkyl halides is 2. The van der Waals surface area contributed by atoms with E-state index in [0.717, 1.165) is 18.2 Å². The van der Waals surface area contributed by atoms with Crippen molar-refractivity contribution in [3.8, 4) is 0 Å². The van der Waals surface area contributed by atoms with E-state index in [0.29, 0.717) is 6.42 Å². The van der Waals surface area contributed by atoms with Gasteiger partial charge in [0.1, 0.15) is 5.38 Å². The van der Waals surface area contributed by atoms with Gasteiger partial charge in [0.2, 0.25) is 0 Å². The largest absolute Gasteiger partial charge is 0.475 e. The molecule has 0 aromatic rings. The van der Waals surface area contributed by atoms with Crippen molar-refractivity contribution < 1.29 is 14.7 Å². The second kappa shape index (κ2) is 6.43. The van der Waals surface area contributed by atoms with E-state index in [2.05, 4.69) is 15.9 Å². The third-order valence-electron chi connectivity index (χ3n) is 1.34. The van der Waals surface area contributed by atoms with Crippen LogP contribution >= 0.6 is 27.5 Å². The minimum absolute atomic E-state index is 0.429. The Balaban J connectivity index is 3.64. The van der Waals surface area contributed by atoms with Crippen molar-refractivity contribution in [2.75, 3.05) is 5.33 Å². The zero-order chi connectivity index (χ0) is 9.56. The highest BCUT2D eigenvalue weighted by atomic mass is 79.9. The van der Waals surface area contributed by atoms with E-state index in [4.69, 9.17) is 16.7 Å². The van der Waals surface area contributed by atoms with Crippen LogP contribution in [0.5, 0.6) is 0 Å². The Morgan fingerprint density at radius 1 is 1.42 bits per heavy atom. The molecule has 0 bridgehead atoms. The number of carbonyl (C=O) groups is 2. The molecule has 1 N–H and O–H groups in total. The van der Waals surface area contributed by atoms with E-state index in [-0.39, 0.29) is 0 Å². The van der Waals surface area contributed by atoms with Crippen molar-refractivity contribution in [2.24, 2.45) is 0 Å². The van der Waals surface area contributed by atoms with Gasteiger partial charge in [0.15, 0.2) is 0 Å². The van der Waals surface area contributed by atoms with Crippen molar-refractivity contribution in [3.63, 3.8) is 0 Å². The molecule has 0 aliphatic heterocycles. The maximum absolute atomic E-state index is 10.7. The number of carboxylic acid groups (broad SMARTS) is 1. The number of Topliss-reactive ketones (excluding diaryl/α,β-unsaturated/α-hetero) is 1. The molecule has 0 rings (SSSR count). The fourth-order valence-electron chi connectivity index (χ4n) is 0.683. The first-order valence-corrected chi connectivity index (χ1v) is 5.12. The summed E-state index contributed by atoms with van der Waals surface area (Å²) < 4.78 is 0. The fraction of sp³-hybridized carbons (Fsp3) is 0.714. The van der Waals surface area contributed by atoms with Crippen LogP contribution in [0.2, 0.25) is 0 Å². The lowest BCUT2D eigenvalue weighted by molar-refractivity contribution is -0.148. The molecule has 0 saturated carbocycles. The van der Waals surface area contributed by atoms with Gasteiger partial charge in [0.05, 0.1) is 0 Å². The molecule has 0 saturated heterocycles. The number of ketones is 1. The molecule has 0 radical (unpaired) electrons. The summed E-state index contributed by atoms with van der Waals surface area (Å²) in [5, 5.41) is 8.24. The van der Waals surface area contributed by atoms with Gasteiger partial charge in [-0.15, -0.1) is 11.6 Å². The monoisotopic (exact) mass is 256 g/mol. The topological polar surface area (TPSA) is 54.4 Å². The van der Waals surface area contributed by atoms with Gasteiger partial charge in [-0.25, -0.2) is 4.79 Å². The molecule has 12 heavy (non-hydrogen) atoms.